The van der Waals surface area contributed by atoms with E-state index in [0.717, 1.165) is 10.9 Å². The molecule has 218 valence electrons. The predicted octanol–water partition coefficient (Wildman–Crippen LogP) is 8.59. The molecule has 0 aliphatic heterocycles. The number of benzene rings is 1. The average molecular weight is 608 g/mol. The highest BCUT2D eigenvalue weighted by Crippen LogP contribution is 2.52. The van der Waals surface area contributed by atoms with Crippen molar-refractivity contribution in [3.8, 4) is 34.0 Å². The second-order valence-corrected chi connectivity index (χ2v) is 17.3. The standard InChI is InChI=1S/C28H30ClF4N5O2Si/c1-26(2,3)41(5,6)40-27(4)13-16(14-27)38-24(28(31,32)33)17(15-36-38)23-21(25-34-11-8-12-35-25)22(37-39-23)20-18(29)9-7-10-19(20)30/h7-12,15-16H,13-14H2,1-6H3. The molecular weight excluding hydrogens is 578 g/mol. The molecule has 0 N–H and O–H groups in total. The lowest BCUT2D eigenvalue weighted by Crippen LogP contribution is -2.54. The largest absolute Gasteiger partial charge is 0.433 e. The molecule has 1 aromatic carbocycles. The van der Waals surface area contributed by atoms with Gasteiger partial charge < -0.3 is 8.95 Å². The van der Waals surface area contributed by atoms with Crippen molar-refractivity contribution in [2.45, 2.75) is 76.5 Å². The maximum absolute atomic E-state index is 14.9. The Balaban J connectivity index is 1.60. The van der Waals surface area contributed by atoms with Gasteiger partial charge in [-0.15, -0.1) is 0 Å². The molecule has 0 bridgehead atoms. The van der Waals surface area contributed by atoms with E-state index in [1.807, 2.05) is 6.92 Å². The van der Waals surface area contributed by atoms with E-state index in [1.165, 1.54) is 30.6 Å². The van der Waals surface area contributed by atoms with Crippen molar-refractivity contribution in [3.05, 3.63) is 59.4 Å². The minimum atomic E-state index is -4.80. The normalized spacial score (nSPS) is 19.8. The number of alkyl halides is 3. The van der Waals surface area contributed by atoms with Crippen LogP contribution in [0.1, 0.15) is 52.3 Å². The Labute approximate surface area is 241 Å². The van der Waals surface area contributed by atoms with Crippen LogP contribution in [0.15, 0.2) is 47.4 Å². The van der Waals surface area contributed by atoms with Crippen LogP contribution >= 0.6 is 11.6 Å². The predicted molar refractivity (Wildman–Crippen MR) is 149 cm³/mol. The van der Waals surface area contributed by atoms with Gasteiger partial charge in [-0.05, 0) is 56.1 Å². The third-order valence-electron chi connectivity index (χ3n) is 7.98. The molecule has 7 nitrogen and oxygen atoms in total. The fourth-order valence-electron chi connectivity index (χ4n) is 5.05. The van der Waals surface area contributed by atoms with Gasteiger partial charge in [0.25, 0.3) is 0 Å². The van der Waals surface area contributed by atoms with Gasteiger partial charge in [0.2, 0.25) is 0 Å². The molecule has 4 aromatic rings. The van der Waals surface area contributed by atoms with E-state index in [0.29, 0.717) is 12.8 Å². The van der Waals surface area contributed by atoms with Crippen molar-refractivity contribution in [2.24, 2.45) is 0 Å². The molecule has 3 aromatic heterocycles. The third kappa shape index (κ3) is 5.32. The van der Waals surface area contributed by atoms with Crippen LogP contribution in [0.25, 0.3) is 34.0 Å². The fourth-order valence-corrected chi connectivity index (χ4v) is 7.01. The lowest BCUT2D eigenvalue weighted by atomic mass is 9.77. The Morgan fingerprint density at radius 3 is 2.32 bits per heavy atom. The Bertz CT molecular complexity index is 1550. The summed E-state index contributed by atoms with van der Waals surface area (Å²) in [6.45, 7) is 12.5. The molecule has 1 aliphatic rings. The quantitative estimate of drug-likeness (QED) is 0.161. The molecule has 1 fully saturated rings. The Morgan fingerprint density at radius 2 is 1.73 bits per heavy atom. The topological polar surface area (TPSA) is 78.9 Å². The van der Waals surface area contributed by atoms with Gasteiger partial charge in [0.1, 0.15) is 11.5 Å². The smallest absolute Gasteiger partial charge is 0.411 e. The molecule has 0 unspecified atom stereocenters. The molecule has 0 amide bonds. The molecule has 0 radical (unpaired) electrons. The van der Waals surface area contributed by atoms with E-state index < -0.39 is 37.6 Å². The van der Waals surface area contributed by atoms with Gasteiger partial charge >= 0.3 is 6.18 Å². The lowest BCUT2D eigenvalue weighted by Gasteiger charge is -2.52. The molecule has 3 heterocycles. The van der Waals surface area contributed by atoms with Gasteiger partial charge in [-0.25, -0.2) is 14.4 Å². The van der Waals surface area contributed by atoms with Crippen molar-refractivity contribution < 1.29 is 26.5 Å². The molecule has 5 rings (SSSR count). The van der Waals surface area contributed by atoms with Crippen LogP contribution in [0.3, 0.4) is 0 Å². The van der Waals surface area contributed by atoms with Gasteiger partial charge in [0.15, 0.2) is 25.6 Å². The lowest BCUT2D eigenvalue weighted by molar-refractivity contribution is -0.148. The van der Waals surface area contributed by atoms with Crippen molar-refractivity contribution >= 4 is 19.9 Å². The van der Waals surface area contributed by atoms with Crippen molar-refractivity contribution in [1.82, 2.24) is 24.9 Å². The van der Waals surface area contributed by atoms with E-state index in [1.54, 1.807) is 6.07 Å². The zero-order valence-electron chi connectivity index (χ0n) is 23.5. The summed E-state index contributed by atoms with van der Waals surface area (Å²) in [5, 5.41) is 8.09. The zero-order valence-corrected chi connectivity index (χ0v) is 25.2. The van der Waals surface area contributed by atoms with Gasteiger partial charge in [0.05, 0.1) is 39.6 Å². The monoisotopic (exact) mass is 607 g/mol. The first kappa shape index (κ1) is 29.4. The first-order chi connectivity index (χ1) is 19.0. The van der Waals surface area contributed by atoms with Crippen LogP contribution in [0, 0.1) is 5.82 Å². The number of hydrogen-bond donors (Lipinski definition) is 0. The van der Waals surface area contributed by atoms with E-state index >= 15 is 0 Å². The summed E-state index contributed by atoms with van der Waals surface area (Å²) >= 11 is 6.29. The van der Waals surface area contributed by atoms with Crippen LogP contribution in [0.2, 0.25) is 23.2 Å². The average Bonchev–Trinajstić information content (AvgIpc) is 3.46. The van der Waals surface area contributed by atoms with Crippen LogP contribution in [0.5, 0.6) is 0 Å². The molecule has 1 aliphatic carbocycles. The Morgan fingerprint density at radius 1 is 1.07 bits per heavy atom. The maximum atomic E-state index is 14.9. The van der Waals surface area contributed by atoms with Crippen molar-refractivity contribution in [3.63, 3.8) is 0 Å². The molecule has 13 heteroatoms. The summed E-state index contributed by atoms with van der Waals surface area (Å²) in [6.07, 6.45) is -0.146. The van der Waals surface area contributed by atoms with Crippen molar-refractivity contribution in [1.29, 1.82) is 0 Å². The second-order valence-electron chi connectivity index (χ2n) is 12.1. The highest BCUT2D eigenvalue weighted by Gasteiger charge is 2.52. The minimum absolute atomic E-state index is 0.00191. The number of rotatable bonds is 6. The van der Waals surface area contributed by atoms with Gasteiger partial charge in [0, 0.05) is 12.4 Å². The number of hydrogen-bond acceptors (Lipinski definition) is 6. The zero-order chi connectivity index (χ0) is 30.0. The fraction of sp³-hybridized carbons (Fsp3) is 0.429. The highest BCUT2D eigenvalue weighted by molar-refractivity contribution is 6.74. The molecule has 0 atom stereocenters. The third-order valence-corrected chi connectivity index (χ3v) is 12.9. The van der Waals surface area contributed by atoms with Crippen LogP contribution in [-0.4, -0.2) is 38.8 Å². The van der Waals surface area contributed by atoms with Gasteiger partial charge in [-0.1, -0.05) is 43.6 Å². The maximum Gasteiger partial charge on any atom is 0.433 e. The molecule has 1 saturated carbocycles. The molecule has 0 saturated heterocycles. The minimum Gasteiger partial charge on any atom is -0.411 e. The summed E-state index contributed by atoms with van der Waals surface area (Å²) < 4.78 is 72.1. The molecular formula is C28H30ClF4N5O2Si. The summed E-state index contributed by atoms with van der Waals surface area (Å²) in [5.41, 5.74) is -2.20. The van der Waals surface area contributed by atoms with Crippen LogP contribution < -0.4 is 0 Å². The first-order valence-electron chi connectivity index (χ1n) is 13.1. The number of halogens is 5. The van der Waals surface area contributed by atoms with E-state index in [2.05, 4.69) is 54.1 Å². The number of nitrogens with zero attached hydrogens (tertiary/aromatic N) is 5. The summed E-state index contributed by atoms with van der Waals surface area (Å²) in [6, 6.07) is 5.03. The van der Waals surface area contributed by atoms with E-state index in [4.69, 9.17) is 20.6 Å². The number of aromatic nitrogens is 5. The molecule has 0 spiro atoms. The highest BCUT2D eigenvalue weighted by atomic mass is 35.5. The second kappa shape index (κ2) is 10.0. The molecule has 41 heavy (non-hydrogen) atoms. The van der Waals surface area contributed by atoms with E-state index in [-0.39, 0.29) is 44.0 Å². The van der Waals surface area contributed by atoms with E-state index in [9.17, 15) is 17.6 Å². The van der Waals surface area contributed by atoms with Crippen LogP contribution in [0.4, 0.5) is 17.6 Å². The summed E-state index contributed by atoms with van der Waals surface area (Å²) in [4.78, 5) is 8.38. The Kier molecular flexibility index (Phi) is 7.19. The first-order valence-corrected chi connectivity index (χ1v) is 16.4. The SMILES string of the molecule is CC1(O[Si](C)(C)C(C)(C)C)CC(n2ncc(-c3onc(-c4c(F)cccc4Cl)c3-c3ncccn3)c2C(F)(F)F)C1. The van der Waals surface area contributed by atoms with Crippen LogP contribution in [-0.2, 0) is 10.6 Å². The van der Waals surface area contributed by atoms with Gasteiger partial charge in [-0.2, -0.15) is 18.3 Å². The summed E-state index contributed by atoms with van der Waals surface area (Å²) in [5.74, 6) is -1.02. The summed E-state index contributed by atoms with van der Waals surface area (Å²) in [7, 11) is -2.15. The van der Waals surface area contributed by atoms with Crippen molar-refractivity contribution in [2.75, 3.05) is 0 Å². The Hall–Kier alpha value is -3.09. The van der Waals surface area contributed by atoms with Gasteiger partial charge in [-0.3, -0.25) is 4.68 Å².